The largest absolute Gasteiger partial charge is 0.378 e. The Morgan fingerprint density at radius 1 is 1.20 bits per heavy atom. The van der Waals surface area contributed by atoms with E-state index in [4.69, 9.17) is 4.74 Å². The number of likely N-dealkylation sites (N-methyl/N-ethyl adjacent to an activating group) is 1. The molecule has 1 unspecified atom stereocenters. The molecule has 1 heterocycles. The number of hydrogen-bond donors (Lipinski definition) is 1. The summed E-state index contributed by atoms with van der Waals surface area (Å²) in [6.45, 7) is 8.96. The van der Waals surface area contributed by atoms with Gasteiger partial charge in [0.15, 0.2) is 0 Å². The van der Waals surface area contributed by atoms with Crippen LogP contribution in [-0.2, 0) is 25.5 Å². The summed E-state index contributed by atoms with van der Waals surface area (Å²) in [6, 6.07) is 6.87. The van der Waals surface area contributed by atoms with Crippen LogP contribution in [0.3, 0.4) is 0 Å². The van der Waals surface area contributed by atoms with Crippen LogP contribution in [0.2, 0.25) is 0 Å². The van der Waals surface area contributed by atoms with Crippen LogP contribution >= 0.6 is 0 Å². The first-order valence-corrected chi connectivity index (χ1v) is 10.8. The molecule has 166 valence electrons. The summed E-state index contributed by atoms with van der Waals surface area (Å²) in [5, 5.41) is 2.83. The zero-order valence-electron chi connectivity index (χ0n) is 18.6. The lowest BCUT2D eigenvalue weighted by atomic mass is 10.0. The minimum absolute atomic E-state index is 0.182. The van der Waals surface area contributed by atoms with Crippen molar-refractivity contribution in [2.75, 3.05) is 38.3 Å². The number of carbonyl (C=O) groups excluding carboxylic acids is 3. The lowest BCUT2D eigenvalue weighted by Crippen LogP contribution is -2.51. The van der Waals surface area contributed by atoms with Gasteiger partial charge in [0.25, 0.3) is 0 Å². The van der Waals surface area contributed by atoms with Crippen LogP contribution in [0.5, 0.6) is 0 Å². The van der Waals surface area contributed by atoms with Crippen molar-refractivity contribution in [1.82, 2.24) is 10.2 Å². The van der Waals surface area contributed by atoms with Crippen molar-refractivity contribution >= 4 is 23.8 Å². The van der Waals surface area contributed by atoms with Crippen molar-refractivity contribution < 1.29 is 19.1 Å². The number of nitrogens with one attached hydrogen (secondary N) is 1. The highest BCUT2D eigenvalue weighted by molar-refractivity contribution is 5.89. The van der Waals surface area contributed by atoms with Crippen LogP contribution < -0.4 is 10.2 Å². The molecular weight excluding hydrogens is 382 g/mol. The van der Waals surface area contributed by atoms with Gasteiger partial charge in [0.1, 0.15) is 12.3 Å². The number of ether oxygens (including phenoxy) is 1. The summed E-state index contributed by atoms with van der Waals surface area (Å²) >= 11 is 0. The molecule has 0 spiro atoms. The van der Waals surface area contributed by atoms with Gasteiger partial charge < -0.3 is 24.6 Å². The molecule has 30 heavy (non-hydrogen) atoms. The first-order valence-electron chi connectivity index (χ1n) is 10.8. The molecule has 0 radical (unpaired) electrons. The van der Waals surface area contributed by atoms with Crippen molar-refractivity contribution in [2.24, 2.45) is 5.92 Å². The Morgan fingerprint density at radius 2 is 1.83 bits per heavy atom. The quantitative estimate of drug-likeness (QED) is 0.590. The molecule has 1 aliphatic heterocycles. The maximum atomic E-state index is 13.1. The van der Waals surface area contributed by atoms with Crippen LogP contribution in [0.15, 0.2) is 24.3 Å². The predicted octanol–water partition coefficient (Wildman–Crippen LogP) is 2.03. The van der Waals surface area contributed by atoms with Crippen molar-refractivity contribution in [3.8, 4) is 0 Å². The summed E-state index contributed by atoms with van der Waals surface area (Å²) in [4.78, 5) is 40.4. The number of hydrogen-bond acceptors (Lipinski definition) is 5. The zero-order valence-corrected chi connectivity index (χ0v) is 18.6. The Kier molecular flexibility index (Phi) is 9.30. The molecule has 0 bridgehead atoms. The summed E-state index contributed by atoms with van der Waals surface area (Å²) in [7, 11) is 1.64. The van der Waals surface area contributed by atoms with Crippen LogP contribution in [0.1, 0.15) is 39.2 Å². The third-order valence-electron chi connectivity index (χ3n) is 5.42. The van der Waals surface area contributed by atoms with Crippen molar-refractivity contribution in [3.63, 3.8) is 0 Å². The number of benzene rings is 1. The van der Waals surface area contributed by atoms with E-state index >= 15 is 0 Å². The molecule has 1 aromatic rings. The van der Waals surface area contributed by atoms with Gasteiger partial charge in [-0.15, -0.1) is 0 Å². The first kappa shape index (κ1) is 23.9. The fourth-order valence-corrected chi connectivity index (χ4v) is 3.59. The average Bonchev–Trinajstić information content (AvgIpc) is 2.76. The van der Waals surface area contributed by atoms with E-state index in [0.717, 1.165) is 43.8 Å². The highest BCUT2D eigenvalue weighted by Gasteiger charge is 2.28. The molecule has 0 aromatic heterocycles. The molecule has 0 aliphatic carbocycles. The molecule has 2 amide bonds. The highest BCUT2D eigenvalue weighted by atomic mass is 16.5. The van der Waals surface area contributed by atoms with E-state index in [1.165, 1.54) is 4.90 Å². The minimum Gasteiger partial charge on any atom is -0.378 e. The average molecular weight is 418 g/mol. The number of rotatable bonds is 10. The lowest BCUT2D eigenvalue weighted by molar-refractivity contribution is -0.139. The van der Waals surface area contributed by atoms with Crippen LogP contribution in [0.25, 0.3) is 0 Å². The predicted molar refractivity (Wildman–Crippen MR) is 117 cm³/mol. The van der Waals surface area contributed by atoms with Gasteiger partial charge >= 0.3 is 0 Å². The number of aldehydes is 1. The summed E-state index contributed by atoms with van der Waals surface area (Å²) < 4.78 is 5.40. The fraction of sp³-hybridized carbons (Fsp3) is 0.609. The molecule has 1 N–H and O–H groups in total. The molecule has 0 saturated carbocycles. The van der Waals surface area contributed by atoms with E-state index < -0.39 is 12.1 Å². The van der Waals surface area contributed by atoms with Crippen molar-refractivity contribution in [2.45, 2.75) is 52.1 Å². The zero-order chi connectivity index (χ0) is 22.1. The van der Waals surface area contributed by atoms with Crippen molar-refractivity contribution in [1.29, 1.82) is 0 Å². The number of morpholine rings is 1. The minimum atomic E-state index is -0.703. The topological polar surface area (TPSA) is 79.0 Å². The number of amides is 2. The summed E-state index contributed by atoms with van der Waals surface area (Å²) in [6.07, 6.45) is 2.08. The van der Waals surface area contributed by atoms with Crippen LogP contribution in [0.4, 0.5) is 5.69 Å². The molecule has 1 saturated heterocycles. The Balaban J connectivity index is 2.12. The highest BCUT2D eigenvalue weighted by Crippen LogP contribution is 2.18. The maximum absolute atomic E-state index is 13.1. The van der Waals surface area contributed by atoms with Gasteiger partial charge in [-0.3, -0.25) is 9.59 Å². The molecule has 1 fully saturated rings. The van der Waals surface area contributed by atoms with Crippen LogP contribution in [0, 0.1) is 5.92 Å². The van der Waals surface area contributed by atoms with Crippen molar-refractivity contribution in [3.05, 3.63) is 29.8 Å². The molecular formula is C23H35N3O4. The molecule has 7 nitrogen and oxygen atoms in total. The second kappa shape index (κ2) is 11.7. The second-order valence-electron chi connectivity index (χ2n) is 8.23. The molecule has 2 atom stereocenters. The Hall–Kier alpha value is -2.41. The fourth-order valence-electron chi connectivity index (χ4n) is 3.59. The third-order valence-corrected chi connectivity index (χ3v) is 5.42. The van der Waals surface area contributed by atoms with E-state index in [-0.39, 0.29) is 17.7 Å². The molecule has 1 aliphatic rings. The van der Waals surface area contributed by atoms with Gasteiger partial charge in [0, 0.05) is 38.7 Å². The van der Waals surface area contributed by atoms with E-state index in [1.807, 2.05) is 38.1 Å². The van der Waals surface area contributed by atoms with Gasteiger partial charge in [-0.05, 0) is 30.0 Å². The molecule has 1 aromatic carbocycles. The van der Waals surface area contributed by atoms with E-state index in [1.54, 1.807) is 14.0 Å². The Bertz CT molecular complexity index is 699. The third kappa shape index (κ3) is 6.83. The summed E-state index contributed by atoms with van der Waals surface area (Å²) in [5.74, 6) is -0.142. The van der Waals surface area contributed by atoms with Crippen LogP contribution in [-0.4, -0.2) is 68.4 Å². The van der Waals surface area contributed by atoms with Gasteiger partial charge in [-0.25, -0.2) is 0 Å². The van der Waals surface area contributed by atoms with Gasteiger partial charge in [-0.1, -0.05) is 32.9 Å². The standard InChI is InChI=1S/C23H35N3O4/c1-5-22(28)24-21(23(29)25(4)20(16-27)14-17(2)3)15-18-6-8-19(9-7-18)26-10-12-30-13-11-26/h6-9,16-17,20-21H,5,10-15H2,1-4H3,(H,24,28)/t20-,21?/m0/s1. The van der Waals surface area contributed by atoms with Gasteiger partial charge in [0.05, 0.1) is 19.3 Å². The first-order chi connectivity index (χ1) is 14.3. The Morgan fingerprint density at radius 3 is 2.37 bits per heavy atom. The van der Waals surface area contributed by atoms with E-state index in [0.29, 0.717) is 19.3 Å². The lowest BCUT2D eigenvalue weighted by Gasteiger charge is -2.30. The summed E-state index contributed by atoms with van der Waals surface area (Å²) in [5.41, 5.74) is 2.08. The Labute approximate surface area is 179 Å². The normalized spacial score (nSPS) is 16.1. The molecule has 7 heteroatoms. The smallest absolute Gasteiger partial charge is 0.245 e. The maximum Gasteiger partial charge on any atom is 0.245 e. The SMILES string of the molecule is CCC(=O)NC(Cc1ccc(N2CCOCC2)cc1)C(=O)N(C)[C@H](C=O)CC(C)C. The number of anilines is 1. The molecule has 2 rings (SSSR count). The van der Waals surface area contributed by atoms with E-state index in [9.17, 15) is 14.4 Å². The van der Waals surface area contributed by atoms with Gasteiger partial charge in [-0.2, -0.15) is 0 Å². The van der Waals surface area contributed by atoms with Gasteiger partial charge in [0.2, 0.25) is 11.8 Å². The monoisotopic (exact) mass is 417 g/mol. The second-order valence-corrected chi connectivity index (χ2v) is 8.23. The number of nitrogens with zero attached hydrogens (tertiary/aromatic N) is 2. The number of carbonyl (C=O) groups is 3. The van der Waals surface area contributed by atoms with E-state index in [2.05, 4.69) is 10.2 Å².